The highest BCUT2D eigenvalue weighted by molar-refractivity contribution is 9.11. The highest BCUT2D eigenvalue weighted by atomic mass is 79.9. The fourth-order valence-electron chi connectivity index (χ4n) is 1.74. The summed E-state index contributed by atoms with van der Waals surface area (Å²) in [5.74, 6) is -0.813. The number of ether oxygens (including phenoxy) is 1. The Morgan fingerprint density at radius 1 is 1.05 bits per heavy atom. The number of para-hydroxylation sites is 1. The zero-order valence-electron chi connectivity index (χ0n) is 11.0. The topological polar surface area (TPSA) is 55.4 Å². The number of anilines is 1. The van der Waals surface area contributed by atoms with E-state index in [-0.39, 0.29) is 5.91 Å². The summed E-state index contributed by atoms with van der Waals surface area (Å²) in [6, 6.07) is 11.9. The number of carbonyl (C=O) groups excluding carboxylic acids is 2. The second-order valence-corrected chi connectivity index (χ2v) is 5.89. The van der Waals surface area contributed by atoms with Crippen molar-refractivity contribution >= 4 is 49.4 Å². The van der Waals surface area contributed by atoms with Gasteiger partial charge in [0.2, 0.25) is 0 Å². The van der Waals surface area contributed by atoms with Crippen LogP contribution < -0.4 is 5.32 Å². The first-order chi connectivity index (χ1) is 10.0. The Labute approximate surface area is 138 Å². The molecule has 0 radical (unpaired) electrons. The molecule has 6 heteroatoms. The first kappa shape index (κ1) is 15.7. The molecule has 0 saturated carbocycles. The lowest BCUT2D eigenvalue weighted by Gasteiger charge is -2.10. The van der Waals surface area contributed by atoms with E-state index in [4.69, 9.17) is 4.74 Å². The molecule has 2 aromatic carbocycles. The largest absolute Gasteiger partial charge is 0.465 e. The number of rotatable bonds is 3. The molecule has 0 aliphatic heterocycles. The van der Waals surface area contributed by atoms with Gasteiger partial charge in [0.25, 0.3) is 5.91 Å². The first-order valence-corrected chi connectivity index (χ1v) is 7.55. The van der Waals surface area contributed by atoms with E-state index in [0.29, 0.717) is 21.3 Å². The van der Waals surface area contributed by atoms with Crippen LogP contribution in [0.1, 0.15) is 20.7 Å². The summed E-state index contributed by atoms with van der Waals surface area (Å²) in [5, 5.41) is 2.72. The van der Waals surface area contributed by atoms with Crippen LogP contribution in [0.2, 0.25) is 0 Å². The molecule has 4 nitrogen and oxygen atoms in total. The van der Waals surface area contributed by atoms with Crippen LogP contribution in [-0.4, -0.2) is 19.0 Å². The quantitative estimate of drug-likeness (QED) is 0.766. The fourth-order valence-corrected chi connectivity index (χ4v) is 2.97. The maximum Gasteiger partial charge on any atom is 0.339 e. The molecule has 1 amide bonds. The highest BCUT2D eigenvalue weighted by Gasteiger charge is 2.15. The van der Waals surface area contributed by atoms with Crippen molar-refractivity contribution in [2.75, 3.05) is 12.4 Å². The van der Waals surface area contributed by atoms with Crippen LogP contribution in [0.4, 0.5) is 5.69 Å². The lowest BCUT2D eigenvalue weighted by molar-refractivity contribution is 0.0602. The average Bonchev–Trinajstić information content (AvgIpc) is 2.46. The standard InChI is InChI=1S/C15H11Br2NO3/c1-21-15(20)11-4-2-3-5-13(11)18-14(19)10-7-6-9(16)8-12(10)17/h2-8H,1H3,(H,18,19). The summed E-state index contributed by atoms with van der Waals surface area (Å²) < 4.78 is 6.22. The maximum atomic E-state index is 12.3. The molecule has 108 valence electrons. The van der Waals surface area contributed by atoms with Gasteiger partial charge >= 0.3 is 5.97 Å². The summed E-state index contributed by atoms with van der Waals surface area (Å²) in [5.41, 5.74) is 1.18. The van der Waals surface area contributed by atoms with Crippen molar-refractivity contribution in [3.05, 3.63) is 62.5 Å². The van der Waals surface area contributed by atoms with E-state index >= 15 is 0 Å². The summed E-state index contributed by atoms with van der Waals surface area (Å²) in [6.07, 6.45) is 0. The van der Waals surface area contributed by atoms with Gasteiger partial charge in [0, 0.05) is 8.95 Å². The van der Waals surface area contributed by atoms with Gasteiger partial charge in [-0.05, 0) is 46.3 Å². The number of nitrogens with one attached hydrogen (secondary N) is 1. The molecule has 0 unspecified atom stereocenters. The third kappa shape index (κ3) is 3.71. The van der Waals surface area contributed by atoms with Crippen LogP contribution in [0.3, 0.4) is 0 Å². The van der Waals surface area contributed by atoms with Gasteiger partial charge < -0.3 is 10.1 Å². The molecule has 0 aliphatic carbocycles. The normalized spacial score (nSPS) is 10.0. The Morgan fingerprint density at radius 2 is 1.76 bits per heavy atom. The molecule has 0 bridgehead atoms. The third-order valence-corrected chi connectivity index (χ3v) is 3.91. The molecule has 0 saturated heterocycles. The summed E-state index contributed by atoms with van der Waals surface area (Å²) in [7, 11) is 1.30. The number of halogens is 2. The number of hydrogen-bond acceptors (Lipinski definition) is 3. The van der Waals surface area contributed by atoms with E-state index in [9.17, 15) is 9.59 Å². The number of benzene rings is 2. The van der Waals surface area contributed by atoms with Gasteiger partial charge in [-0.3, -0.25) is 4.79 Å². The van der Waals surface area contributed by atoms with Crippen molar-refractivity contribution in [3.8, 4) is 0 Å². The lowest BCUT2D eigenvalue weighted by atomic mass is 10.1. The predicted octanol–water partition coefficient (Wildman–Crippen LogP) is 4.25. The van der Waals surface area contributed by atoms with Crippen molar-refractivity contribution in [2.24, 2.45) is 0 Å². The van der Waals surface area contributed by atoms with Crippen LogP contribution in [0.5, 0.6) is 0 Å². The van der Waals surface area contributed by atoms with Crippen LogP contribution >= 0.6 is 31.9 Å². The monoisotopic (exact) mass is 411 g/mol. The average molecular weight is 413 g/mol. The van der Waals surface area contributed by atoms with Gasteiger partial charge in [0.15, 0.2) is 0 Å². The summed E-state index contributed by atoms with van der Waals surface area (Å²) in [4.78, 5) is 24.0. The lowest BCUT2D eigenvalue weighted by Crippen LogP contribution is -2.15. The van der Waals surface area contributed by atoms with E-state index < -0.39 is 5.97 Å². The van der Waals surface area contributed by atoms with Crippen molar-refractivity contribution < 1.29 is 14.3 Å². The molecular weight excluding hydrogens is 402 g/mol. The molecule has 0 fully saturated rings. The van der Waals surface area contributed by atoms with Gasteiger partial charge in [-0.15, -0.1) is 0 Å². The minimum Gasteiger partial charge on any atom is -0.465 e. The molecule has 0 spiro atoms. The molecule has 21 heavy (non-hydrogen) atoms. The SMILES string of the molecule is COC(=O)c1ccccc1NC(=O)c1ccc(Br)cc1Br. The minimum absolute atomic E-state index is 0.307. The smallest absolute Gasteiger partial charge is 0.339 e. The first-order valence-electron chi connectivity index (χ1n) is 5.96. The number of amides is 1. The maximum absolute atomic E-state index is 12.3. The second-order valence-electron chi connectivity index (χ2n) is 4.12. The van der Waals surface area contributed by atoms with E-state index in [1.54, 1.807) is 42.5 Å². The van der Waals surface area contributed by atoms with Crippen LogP contribution in [0.15, 0.2) is 51.4 Å². The molecular formula is C15H11Br2NO3. The molecule has 0 aromatic heterocycles. The van der Waals surface area contributed by atoms with E-state index in [2.05, 4.69) is 37.2 Å². The number of hydrogen-bond donors (Lipinski definition) is 1. The third-order valence-electron chi connectivity index (χ3n) is 2.76. The summed E-state index contributed by atoms with van der Waals surface area (Å²) >= 11 is 6.67. The zero-order chi connectivity index (χ0) is 15.4. The van der Waals surface area contributed by atoms with E-state index in [0.717, 1.165) is 4.47 Å². The Kier molecular flexibility index (Phi) is 5.14. The predicted molar refractivity (Wildman–Crippen MR) is 87.6 cm³/mol. The number of esters is 1. The van der Waals surface area contributed by atoms with Gasteiger partial charge in [-0.25, -0.2) is 4.79 Å². The molecule has 0 atom stereocenters. The molecule has 1 N–H and O–H groups in total. The van der Waals surface area contributed by atoms with Crippen molar-refractivity contribution in [1.29, 1.82) is 0 Å². The van der Waals surface area contributed by atoms with Crippen molar-refractivity contribution in [2.45, 2.75) is 0 Å². The second kappa shape index (κ2) is 6.87. The summed E-state index contributed by atoms with van der Waals surface area (Å²) in [6.45, 7) is 0. The Bertz CT molecular complexity index is 701. The van der Waals surface area contributed by atoms with Crippen molar-refractivity contribution in [3.63, 3.8) is 0 Å². The number of carbonyl (C=O) groups is 2. The Morgan fingerprint density at radius 3 is 2.43 bits per heavy atom. The molecule has 2 rings (SSSR count). The Hall–Kier alpha value is -1.66. The molecule has 2 aromatic rings. The van der Waals surface area contributed by atoms with E-state index in [1.165, 1.54) is 7.11 Å². The van der Waals surface area contributed by atoms with E-state index in [1.807, 2.05) is 0 Å². The van der Waals surface area contributed by atoms with Crippen LogP contribution in [-0.2, 0) is 4.74 Å². The van der Waals surface area contributed by atoms with Gasteiger partial charge in [0.1, 0.15) is 0 Å². The van der Waals surface area contributed by atoms with Crippen LogP contribution in [0, 0.1) is 0 Å². The van der Waals surface area contributed by atoms with Gasteiger partial charge in [-0.2, -0.15) is 0 Å². The van der Waals surface area contributed by atoms with Crippen LogP contribution in [0.25, 0.3) is 0 Å². The zero-order valence-corrected chi connectivity index (χ0v) is 14.2. The highest BCUT2D eigenvalue weighted by Crippen LogP contribution is 2.24. The Balaban J connectivity index is 2.30. The number of methoxy groups -OCH3 is 1. The fraction of sp³-hybridized carbons (Fsp3) is 0.0667. The van der Waals surface area contributed by atoms with Gasteiger partial charge in [-0.1, -0.05) is 28.1 Å². The van der Waals surface area contributed by atoms with Crippen molar-refractivity contribution in [1.82, 2.24) is 0 Å². The molecule has 0 aliphatic rings. The minimum atomic E-state index is -0.499. The molecule has 0 heterocycles. The van der Waals surface area contributed by atoms with Gasteiger partial charge in [0.05, 0.1) is 23.9 Å².